The van der Waals surface area contributed by atoms with Crippen LogP contribution in [-0.2, 0) is 11.0 Å². The molecule has 1 amide bonds. The van der Waals surface area contributed by atoms with Crippen LogP contribution in [-0.4, -0.2) is 43.5 Å². The lowest BCUT2D eigenvalue weighted by Gasteiger charge is -2.19. The quantitative estimate of drug-likeness (QED) is 0.858. The maximum absolute atomic E-state index is 12.7. The van der Waals surface area contributed by atoms with Gasteiger partial charge < -0.3 is 10.6 Å². The minimum Gasteiger partial charge on any atom is -0.324 e. The lowest BCUT2D eigenvalue weighted by atomic mass is 10.2. The van der Waals surface area contributed by atoms with Crippen molar-refractivity contribution in [2.24, 2.45) is 0 Å². The summed E-state index contributed by atoms with van der Waals surface area (Å²) < 4.78 is 38.1. The molecule has 1 aromatic carbocycles. The van der Waals surface area contributed by atoms with Crippen LogP contribution in [0.1, 0.15) is 12.0 Å². The normalized spacial score (nSPS) is 16.3. The van der Waals surface area contributed by atoms with Gasteiger partial charge in [-0.25, -0.2) is 0 Å². The van der Waals surface area contributed by atoms with Crippen LogP contribution in [0.15, 0.2) is 18.2 Å². The van der Waals surface area contributed by atoms with Gasteiger partial charge >= 0.3 is 6.18 Å². The highest BCUT2D eigenvalue weighted by atomic mass is 35.5. The van der Waals surface area contributed by atoms with Crippen molar-refractivity contribution < 1.29 is 18.0 Å². The number of carbonyl (C=O) groups is 1. The summed E-state index contributed by atoms with van der Waals surface area (Å²) >= 11 is 5.85. The average Bonchev–Trinajstić information content (AvgIpc) is 2.68. The summed E-state index contributed by atoms with van der Waals surface area (Å²) in [6.45, 7) is 3.32. The van der Waals surface area contributed by atoms with Crippen LogP contribution in [0.25, 0.3) is 0 Å². The van der Waals surface area contributed by atoms with Crippen LogP contribution >= 0.6 is 24.0 Å². The van der Waals surface area contributed by atoms with Crippen molar-refractivity contribution in [2.75, 3.05) is 38.0 Å². The molecule has 0 atom stereocenters. The third-order valence-electron chi connectivity index (χ3n) is 3.37. The Morgan fingerprint density at radius 1 is 1.30 bits per heavy atom. The Morgan fingerprint density at radius 2 is 2.04 bits per heavy atom. The first-order valence-corrected chi connectivity index (χ1v) is 7.34. The van der Waals surface area contributed by atoms with Crippen molar-refractivity contribution in [1.82, 2.24) is 10.2 Å². The van der Waals surface area contributed by atoms with Crippen molar-refractivity contribution >= 4 is 35.6 Å². The van der Waals surface area contributed by atoms with Crippen molar-refractivity contribution in [3.05, 3.63) is 28.8 Å². The standard InChI is InChI=1S/C14H17ClF3N3O.ClH/c15-11-3-2-10(14(16,17)18)8-12(11)20-13(22)9-21-6-1-4-19-5-7-21;/h2-3,8,19H,1,4-7,9H2,(H,20,22);1H. The summed E-state index contributed by atoms with van der Waals surface area (Å²) in [4.78, 5) is 13.9. The third kappa shape index (κ3) is 6.18. The van der Waals surface area contributed by atoms with Gasteiger partial charge in [0, 0.05) is 13.1 Å². The molecule has 0 saturated carbocycles. The number of alkyl halides is 3. The van der Waals surface area contributed by atoms with Crippen molar-refractivity contribution in [2.45, 2.75) is 12.6 Å². The molecule has 1 aliphatic rings. The number of nitrogens with one attached hydrogen (secondary N) is 2. The van der Waals surface area contributed by atoms with Crippen LogP contribution < -0.4 is 10.6 Å². The van der Waals surface area contributed by atoms with Crippen LogP contribution in [0, 0.1) is 0 Å². The SMILES string of the molecule is Cl.O=C(CN1CCCNCC1)Nc1cc(C(F)(F)F)ccc1Cl. The Hall–Kier alpha value is -1.02. The number of anilines is 1. The molecule has 0 bridgehead atoms. The van der Waals surface area contributed by atoms with E-state index < -0.39 is 11.7 Å². The zero-order chi connectivity index (χ0) is 16.2. The zero-order valence-corrected chi connectivity index (χ0v) is 13.8. The molecule has 1 aromatic rings. The molecule has 130 valence electrons. The van der Waals surface area contributed by atoms with E-state index >= 15 is 0 Å². The van der Waals surface area contributed by atoms with Gasteiger partial charge in [-0.15, -0.1) is 12.4 Å². The summed E-state index contributed by atoms with van der Waals surface area (Å²) in [7, 11) is 0. The van der Waals surface area contributed by atoms with Crippen LogP contribution in [0.2, 0.25) is 5.02 Å². The van der Waals surface area contributed by atoms with E-state index in [1.165, 1.54) is 0 Å². The Kier molecular flexibility index (Phi) is 7.60. The molecular formula is C14H18Cl2F3N3O. The van der Waals surface area contributed by atoms with E-state index in [-0.39, 0.29) is 35.6 Å². The monoisotopic (exact) mass is 371 g/mol. The van der Waals surface area contributed by atoms with Gasteiger partial charge in [-0.05, 0) is 37.7 Å². The van der Waals surface area contributed by atoms with E-state index in [1.54, 1.807) is 0 Å². The zero-order valence-electron chi connectivity index (χ0n) is 12.3. The van der Waals surface area contributed by atoms with Gasteiger partial charge in [0.1, 0.15) is 0 Å². The van der Waals surface area contributed by atoms with E-state index in [2.05, 4.69) is 10.6 Å². The Balaban J connectivity index is 0.00000264. The molecule has 23 heavy (non-hydrogen) atoms. The predicted octanol–water partition coefficient (Wildman–Crippen LogP) is 3.01. The highest BCUT2D eigenvalue weighted by molar-refractivity contribution is 6.33. The summed E-state index contributed by atoms with van der Waals surface area (Å²) in [5.41, 5.74) is -0.861. The first-order chi connectivity index (χ1) is 10.4. The Morgan fingerprint density at radius 3 is 2.74 bits per heavy atom. The highest BCUT2D eigenvalue weighted by Gasteiger charge is 2.31. The summed E-state index contributed by atoms with van der Waals surface area (Å²) in [6, 6.07) is 2.87. The van der Waals surface area contributed by atoms with Crippen molar-refractivity contribution in [3.63, 3.8) is 0 Å². The molecule has 1 fully saturated rings. The molecule has 0 spiro atoms. The lowest BCUT2D eigenvalue weighted by Crippen LogP contribution is -2.35. The first kappa shape index (κ1) is 20.0. The topological polar surface area (TPSA) is 44.4 Å². The molecule has 0 aliphatic carbocycles. The highest BCUT2D eigenvalue weighted by Crippen LogP contribution is 2.33. The summed E-state index contributed by atoms with van der Waals surface area (Å²) in [5, 5.41) is 5.75. The molecule has 1 aliphatic heterocycles. The van der Waals surface area contributed by atoms with Crippen LogP contribution in [0.4, 0.5) is 18.9 Å². The number of carbonyl (C=O) groups excluding carboxylic acids is 1. The Labute approximate surface area is 143 Å². The molecule has 1 saturated heterocycles. The number of amides is 1. The second-order valence-electron chi connectivity index (χ2n) is 5.12. The summed E-state index contributed by atoms with van der Waals surface area (Å²) in [6.07, 6.45) is -3.54. The van der Waals surface area contributed by atoms with Gasteiger partial charge in [-0.3, -0.25) is 9.69 Å². The summed E-state index contributed by atoms with van der Waals surface area (Å²) in [5.74, 6) is -0.372. The van der Waals surface area contributed by atoms with Crippen LogP contribution in [0.3, 0.4) is 0 Å². The Bertz CT molecular complexity index is 532. The molecule has 0 radical (unpaired) electrons. The molecule has 0 unspecified atom stereocenters. The third-order valence-corrected chi connectivity index (χ3v) is 3.70. The minimum atomic E-state index is -4.47. The number of hydrogen-bond acceptors (Lipinski definition) is 3. The molecule has 1 heterocycles. The minimum absolute atomic E-state index is 0. The number of rotatable bonds is 3. The van der Waals surface area contributed by atoms with E-state index in [9.17, 15) is 18.0 Å². The smallest absolute Gasteiger partial charge is 0.324 e. The fourth-order valence-electron chi connectivity index (χ4n) is 2.25. The lowest BCUT2D eigenvalue weighted by molar-refractivity contribution is -0.137. The predicted molar refractivity (Wildman–Crippen MR) is 86.3 cm³/mol. The fraction of sp³-hybridized carbons (Fsp3) is 0.500. The van der Waals surface area contributed by atoms with Gasteiger partial charge in [0.05, 0.1) is 22.8 Å². The average molecular weight is 372 g/mol. The van der Waals surface area contributed by atoms with Crippen LogP contribution in [0.5, 0.6) is 0 Å². The number of benzene rings is 1. The first-order valence-electron chi connectivity index (χ1n) is 6.96. The molecule has 0 aromatic heterocycles. The molecule has 2 N–H and O–H groups in total. The van der Waals surface area contributed by atoms with Gasteiger partial charge in [-0.1, -0.05) is 11.6 Å². The molecule has 4 nitrogen and oxygen atoms in total. The number of nitrogens with zero attached hydrogens (tertiary/aromatic N) is 1. The van der Waals surface area contributed by atoms with Crippen molar-refractivity contribution in [1.29, 1.82) is 0 Å². The van der Waals surface area contributed by atoms with Crippen molar-refractivity contribution in [3.8, 4) is 0 Å². The molecular weight excluding hydrogens is 354 g/mol. The largest absolute Gasteiger partial charge is 0.416 e. The van der Waals surface area contributed by atoms with Gasteiger partial charge in [0.2, 0.25) is 5.91 Å². The van der Waals surface area contributed by atoms with E-state index in [0.29, 0.717) is 0 Å². The number of hydrogen-bond donors (Lipinski definition) is 2. The molecule has 2 rings (SSSR count). The molecule has 9 heteroatoms. The fourth-order valence-corrected chi connectivity index (χ4v) is 2.41. The number of halogens is 5. The van der Waals surface area contributed by atoms with E-state index in [4.69, 9.17) is 11.6 Å². The van der Waals surface area contributed by atoms with E-state index in [1.807, 2.05) is 4.90 Å². The van der Waals surface area contributed by atoms with E-state index in [0.717, 1.165) is 50.8 Å². The second kappa shape index (κ2) is 8.73. The van der Waals surface area contributed by atoms with Gasteiger partial charge in [-0.2, -0.15) is 13.2 Å². The van der Waals surface area contributed by atoms with Gasteiger partial charge in [0.25, 0.3) is 0 Å². The maximum atomic E-state index is 12.7. The maximum Gasteiger partial charge on any atom is 0.416 e. The van der Waals surface area contributed by atoms with Gasteiger partial charge in [0.15, 0.2) is 0 Å². The second-order valence-corrected chi connectivity index (χ2v) is 5.53.